The van der Waals surface area contributed by atoms with Gasteiger partial charge >= 0.3 is 0 Å². The molecular formula is C37H29N3. The topological polar surface area (TPSA) is 19.4 Å². The number of rotatable bonds is 3. The summed E-state index contributed by atoms with van der Waals surface area (Å²) in [6.45, 7) is 0. The number of nitrogens with zero attached hydrogens (tertiary/aromatic N) is 3. The van der Waals surface area contributed by atoms with Gasteiger partial charge < -0.3 is 9.80 Å². The highest BCUT2D eigenvalue weighted by atomic mass is 15.2. The average Bonchev–Trinajstić information content (AvgIpc) is 3.37. The van der Waals surface area contributed by atoms with E-state index in [1.165, 1.54) is 33.5 Å². The minimum atomic E-state index is 0.139. The van der Waals surface area contributed by atoms with E-state index < -0.39 is 0 Å². The fourth-order valence-electron chi connectivity index (χ4n) is 6.86. The van der Waals surface area contributed by atoms with E-state index in [9.17, 15) is 0 Å². The summed E-state index contributed by atoms with van der Waals surface area (Å²) in [5.41, 5.74) is 8.89. The first-order valence-electron chi connectivity index (χ1n) is 14.0. The molecule has 3 aromatic carbocycles. The van der Waals surface area contributed by atoms with Gasteiger partial charge in [-0.2, -0.15) is 0 Å². The second-order valence-electron chi connectivity index (χ2n) is 10.8. The van der Waals surface area contributed by atoms with Crippen LogP contribution in [0.3, 0.4) is 0 Å². The van der Waals surface area contributed by atoms with E-state index in [1.807, 2.05) is 0 Å². The largest absolute Gasteiger partial charge is 0.346 e. The van der Waals surface area contributed by atoms with Crippen molar-refractivity contribution in [1.29, 1.82) is 0 Å². The highest BCUT2D eigenvalue weighted by molar-refractivity contribution is 5.87. The van der Waals surface area contributed by atoms with E-state index in [4.69, 9.17) is 4.98 Å². The molecule has 3 aliphatic heterocycles. The minimum Gasteiger partial charge on any atom is -0.346 e. The Hall–Kier alpha value is -4.89. The lowest BCUT2D eigenvalue weighted by molar-refractivity contribution is 0.430. The second-order valence-corrected chi connectivity index (χ2v) is 10.8. The van der Waals surface area contributed by atoms with Gasteiger partial charge in [0, 0.05) is 36.0 Å². The van der Waals surface area contributed by atoms with Crippen molar-refractivity contribution in [2.45, 2.75) is 23.9 Å². The summed E-state index contributed by atoms with van der Waals surface area (Å²) in [6, 6.07) is 33.3. The first kappa shape index (κ1) is 23.0. The van der Waals surface area contributed by atoms with Crippen LogP contribution in [-0.4, -0.2) is 22.0 Å². The van der Waals surface area contributed by atoms with Crippen molar-refractivity contribution in [3.63, 3.8) is 0 Å². The summed E-state index contributed by atoms with van der Waals surface area (Å²) in [7, 11) is 0. The third kappa shape index (κ3) is 3.62. The van der Waals surface area contributed by atoms with Crippen LogP contribution in [0.25, 0.3) is 16.7 Å². The average molecular weight is 516 g/mol. The number of para-hydroxylation sites is 1. The zero-order valence-electron chi connectivity index (χ0n) is 22.1. The van der Waals surface area contributed by atoms with Crippen LogP contribution in [0.15, 0.2) is 152 Å². The van der Waals surface area contributed by atoms with Gasteiger partial charge in [0.2, 0.25) is 0 Å². The Morgan fingerprint density at radius 1 is 0.625 bits per heavy atom. The molecule has 40 heavy (non-hydrogen) atoms. The first-order chi connectivity index (χ1) is 19.9. The summed E-state index contributed by atoms with van der Waals surface area (Å²) >= 11 is 0. The van der Waals surface area contributed by atoms with E-state index in [-0.39, 0.29) is 23.9 Å². The molecule has 1 aliphatic carbocycles. The number of fused-ring (bicyclic) bond motifs is 6. The Kier molecular flexibility index (Phi) is 5.41. The van der Waals surface area contributed by atoms with Gasteiger partial charge in [-0.25, -0.2) is 4.98 Å². The van der Waals surface area contributed by atoms with E-state index >= 15 is 0 Å². The minimum absolute atomic E-state index is 0.139. The van der Waals surface area contributed by atoms with Crippen LogP contribution < -0.4 is 4.90 Å². The molecule has 0 radical (unpaired) electrons. The molecule has 4 aliphatic rings. The standard InChI is InChI=1S/C37H29N3/c1-2-12-26(13-3-1)37-32(25-39-23-11-10-20-35(37)39)27-21-22-36(38-24-27)40-33-18-8-6-16-30(33)28-14-4-5-15-29(28)31-17-7-9-19-34(31)40/h1-25,30,33,35,37H. The van der Waals surface area contributed by atoms with E-state index in [0.29, 0.717) is 0 Å². The zero-order chi connectivity index (χ0) is 26.5. The van der Waals surface area contributed by atoms with Gasteiger partial charge in [-0.15, -0.1) is 0 Å². The fraction of sp³-hybridized carbons (Fsp3) is 0.108. The van der Waals surface area contributed by atoms with E-state index in [2.05, 4.69) is 162 Å². The lowest BCUT2D eigenvalue weighted by Crippen LogP contribution is -2.35. The van der Waals surface area contributed by atoms with Gasteiger partial charge in [-0.3, -0.25) is 0 Å². The van der Waals surface area contributed by atoms with Crippen molar-refractivity contribution in [3.8, 4) is 11.1 Å². The molecule has 4 heterocycles. The molecule has 4 unspecified atom stereocenters. The Morgan fingerprint density at radius 2 is 1.38 bits per heavy atom. The van der Waals surface area contributed by atoms with Gasteiger partial charge in [0.25, 0.3) is 0 Å². The summed E-state index contributed by atoms with van der Waals surface area (Å²) in [6.07, 6.45) is 22.1. The number of hydrogen-bond donors (Lipinski definition) is 0. The van der Waals surface area contributed by atoms with Crippen molar-refractivity contribution in [2.24, 2.45) is 0 Å². The number of allylic oxidation sites excluding steroid dienone is 4. The molecule has 4 atom stereocenters. The molecule has 3 heteroatoms. The second kappa shape index (κ2) is 9.39. The van der Waals surface area contributed by atoms with Crippen LogP contribution in [0.4, 0.5) is 11.5 Å². The maximum atomic E-state index is 5.16. The summed E-state index contributed by atoms with van der Waals surface area (Å²) < 4.78 is 0. The predicted octanol–water partition coefficient (Wildman–Crippen LogP) is 8.37. The molecule has 0 spiro atoms. The molecule has 192 valence electrons. The molecule has 0 fully saturated rings. The summed E-state index contributed by atoms with van der Waals surface area (Å²) in [4.78, 5) is 9.91. The summed E-state index contributed by atoms with van der Waals surface area (Å²) in [5, 5.41) is 0. The monoisotopic (exact) mass is 515 g/mol. The normalized spacial score (nSPS) is 23.6. The lowest BCUT2D eigenvalue weighted by atomic mass is 9.84. The molecule has 1 aromatic heterocycles. The van der Waals surface area contributed by atoms with Crippen LogP contribution in [0.5, 0.6) is 0 Å². The molecule has 0 saturated heterocycles. The van der Waals surface area contributed by atoms with E-state index in [1.54, 1.807) is 0 Å². The number of anilines is 2. The van der Waals surface area contributed by atoms with Crippen LogP contribution >= 0.6 is 0 Å². The highest BCUT2D eigenvalue weighted by Gasteiger charge is 2.37. The van der Waals surface area contributed by atoms with Crippen LogP contribution in [-0.2, 0) is 0 Å². The number of pyridine rings is 1. The van der Waals surface area contributed by atoms with Gasteiger partial charge in [0.05, 0.1) is 17.8 Å². The number of aromatic nitrogens is 1. The highest BCUT2D eigenvalue weighted by Crippen LogP contribution is 2.48. The van der Waals surface area contributed by atoms with Gasteiger partial charge in [0.15, 0.2) is 0 Å². The SMILES string of the molecule is C1=CC2c3ccccc3-c3ccccc3N(c3ccc(C4=CN5C=CC=CC5C4c4ccccc4)cn3)C2C=C1. The van der Waals surface area contributed by atoms with Crippen LogP contribution in [0.2, 0.25) is 0 Å². The number of benzene rings is 3. The lowest BCUT2D eigenvalue weighted by Gasteiger charge is -2.35. The predicted molar refractivity (Wildman–Crippen MR) is 164 cm³/mol. The Labute approximate surface area is 235 Å². The maximum absolute atomic E-state index is 5.16. The van der Waals surface area contributed by atoms with Crippen molar-refractivity contribution in [2.75, 3.05) is 4.90 Å². The Bertz CT molecular complexity index is 1720. The fourth-order valence-corrected chi connectivity index (χ4v) is 6.86. The molecule has 0 saturated carbocycles. The van der Waals surface area contributed by atoms with Gasteiger partial charge in [-0.1, -0.05) is 109 Å². The molecule has 8 rings (SSSR count). The molecule has 3 nitrogen and oxygen atoms in total. The van der Waals surface area contributed by atoms with Crippen molar-refractivity contribution >= 4 is 17.1 Å². The Balaban J connectivity index is 1.23. The van der Waals surface area contributed by atoms with E-state index in [0.717, 1.165) is 11.4 Å². The zero-order valence-corrected chi connectivity index (χ0v) is 22.1. The first-order valence-corrected chi connectivity index (χ1v) is 14.0. The Morgan fingerprint density at radius 3 is 2.25 bits per heavy atom. The van der Waals surface area contributed by atoms with Gasteiger partial charge in [0.1, 0.15) is 5.82 Å². The molecule has 0 N–H and O–H groups in total. The molecule has 0 amide bonds. The van der Waals surface area contributed by atoms with Crippen LogP contribution in [0, 0.1) is 0 Å². The molecular weight excluding hydrogens is 486 g/mol. The van der Waals surface area contributed by atoms with Gasteiger partial charge in [-0.05, 0) is 52.1 Å². The van der Waals surface area contributed by atoms with Crippen molar-refractivity contribution < 1.29 is 0 Å². The van der Waals surface area contributed by atoms with Crippen LogP contribution in [0.1, 0.15) is 28.5 Å². The third-order valence-corrected chi connectivity index (χ3v) is 8.65. The molecule has 4 aromatic rings. The molecule has 0 bridgehead atoms. The van der Waals surface area contributed by atoms with Crippen molar-refractivity contribution in [1.82, 2.24) is 9.88 Å². The maximum Gasteiger partial charge on any atom is 0.133 e. The quantitative estimate of drug-likeness (QED) is 0.273. The number of hydrogen-bond acceptors (Lipinski definition) is 3. The summed E-state index contributed by atoms with van der Waals surface area (Å²) in [5.74, 6) is 1.45. The smallest absolute Gasteiger partial charge is 0.133 e. The third-order valence-electron chi connectivity index (χ3n) is 8.65. The van der Waals surface area contributed by atoms with Crippen molar-refractivity contribution in [3.05, 3.63) is 169 Å².